The Hall–Kier alpha value is -3.48. The van der Waals surface area contributed by atoms with Crippen molar-refractivity contribution < 1.29 is 28.7 Å². The zero-order valence-corrected chi connectivity index (χ0v) is 16.6. The molecular weight excluding hydrogens is 386 g/mol. The predicted octanol–water partition coefficient (Wildman–Crippen LogP) is 3.16. The first-order valence-electron chi connectivity index (χ1n) is 9.85. The highest BCUT2D eigenvalue weighted by Gasteiger charge is 2.35. The van der Waals surface area contributed by atoms with Gasteiger partial charge in [-0.05, 0) is 49.1 Å². The smallest absolute Gasteiger partial charge is 0.342 e. The van der Waals surface area contributed by atoms with Crippen molar-refractivity contribution in [1.82, 2.24) is 4.90 Å². The van der Waals surface area contributed by atoms with Gasteiger partial charge >= 0.3 is 5.97 Å². The first kappa shape index (κ1) is 19.8. The number of amides is 2. The van der Waals surface area contributed by atoms with Gasteiger partial charge in [-0.1, -0.05) is 18.2 Å². The van der Waals surface area contributed by atoms with E-state index in [9.17, 15) is 19.2 Å². The van der Waals surface area contributed by atoms with Gasteiger partial charge < -0.3 is 9.47 Å². The molecule has 0 radical (unpaired) electrons. The molecule has 0 N–H and O–H groups in total. The van der Waals surface area contributed by atoms with Crippen LogP contribution in [0, 0.1) is 0 Å². The van der Waals surface area contributed by atoms with E-state index in [0.29, 0.717) is 35.3 Å². The Kier molecular flexibility index (Phi) is 5.35. The highest BCUT2D eigenvalue weighted by Crippen LogP contribution is 2.27. The summed E-state index contributed by atoms with van der Waals surface area (Å²) in [5.41, 5.74) is 1.47. The molecule has 0 aromatic heterocycles. The second-order valence-corrected chi connectivity index (χ2v) is 7.38. The first-order chi connectivity index (χ1) is 14.5. The zero-order chi connectivity index (χ0) is 21.3. The molecule has 7 nitrogen and oxygen atoms in total. The van der Waals surface area contributed by atoms with Crippen molar-refractivity contribution in [2.75, 3.05) is 7.11 Å². The van der Waals surface area contributed by atoms with E-state index in [1.807, 2.05) is 0 Å². The lowest BCUT2D eigenvalue weighted by molar-refractivity contribution is -0.129. The molecular formula is C23H21NO6. The van der Waals surface area contributed by atoms with Gasteiger partial charge in [0.2, 0.25) is 0 Å². The summed E-state index contributed by atoms with van der Waals surface area (Å²) in [6.45, 7) is 0.0129. The molecule has 2 aromatic rings. The fraction of sp³-hybridized carbons (Fsp3) is 0.304. The van der Waals surface area contributed by atoms with Crippen LogP contribution in [0.2, 0.25) is 0 Å². The van der Waals surface area contributed by atoms with Crippen LogP contribution in [0.15, 0.2) is 42.5 Å². The Morgan fingerprint density at radius 1 is 1.03 bits per heavy atom. The molecule has 2 aromatic carbocycles. The molecule has 1 aliphatic heterocycles. The summed E-state index contributed by atoms with van der Waals surface area (Å²) in [5, 5.41) is 0. The Labute approximate surface area is 173 Å². The van der Waals surface area contributed by atoms with Crippen LogP contribution in [-0.4, -0.2) is 41.7 Å². The van der Waals surface area contributed by atoms with Crippen molar-refractivity contribution >= 4 is 23.6 Å². The topological polar surface area (TPSA) is 90.0 Å². The van der Waals surface area contributed by atoms with E-state index in [-0.39, 0.29) is 29.7 Å². The van der Waals surface area contributed by atoms with Crippen LogP contribution in [0.5, 0.6) is 5.75 Å². The summed E-state index contributed by atoms with van der Waals surface area (Å²) in [6.07, 6.45) is 1.83. The number of ketones is 1. The van der Waals surface area contributed by atoms with Crippen LogP contribution in [0.3, 0.4) is 0 Å². The number of nitrogens with zero attached hydrogens (tertiary/aromatic N) is 1. The molecule has 1 atom stereocenters. The molecule has 4 rings (SSSR count). The van der Waals surface area contributed by atoms with Gasteiger partial charge in [0, 0.05) is 6.42 Å². The number of hydrogen-bond acceptors (Lipinski definition) is 6. The summed E-state index contributed by atoms with van der Waals surface area (Å²) in [7, 11) is 1.43. The monoisotopic (exact) mass is 407 g/mol. The average molecular weight is 407 g/mol. The van der Waals surface area contributed by atoms with E-state index >= 15 is 0 Å². The molecule has 0 spiro atoms. The minimum absolute atomic E-state index is 0.0129. The molecule has 0 bridgehead atoms. The highest BCUT2D eigenvalue weighted by atomic mass is 16.5. The number of fused-ring (bicyclic) bond motifs is 1. The van der Waals surface area contributed by atoms with Gasteiger partial charge in [-0.2, -0.15) is 0 Å². The quantitative estimate of drug-likeness (QED) is 0.559. The molecule has 1 heterocycles. The van der Waals surface area contributed by atoms with E-state index in [2.05, 4.69) is 0 Å². The van der Waals surface area contributed by atoms with Crippen molar-refractivity contribution in [3.63, 3.8) is 0 Å². The normalized spacial score (nSPS) is 18.4. The first-order valence-corrected chi connectivity index (χ1v) is 9.85. The van der Waals surface area contributed by atoms with Crippen LogP contribution in [-0.2, 0) is 16.1 Å². The number of imide groups is 1. The van der Waals surface area contributed by atoms with Crippen molar-refractivity contribution in [2.45, 2.75) is 38.3 Å². The van der Waals surface area contributed by atoms with Gasteiger partial charge in [-0.3, -0.25) is 19.3 Å². The molecule has 1 fully saturated rings. The van der Waals surface area contributed by atoms with Gasteiger partial charge in [-0.15, -0.1) is 0 Å². The fourth-order valence-electron chi connectivity index (χ4n) is 3.85. The maximum atomic E-state index is 12.7. The fourth-order valence-corrected chi connectivity index (χ4v) is 3.85. The molecule has 1 aliphatic carbocycles. The molecule has 30 heavy (non-hydrogen) atoms. The van der Waals surface area contributed by atoms with Crippen LogP contribution in [0.25, 0.3) is 0 Å². The second-order valence-electron chi connectivity index (χ2n) is 7.38. The number of methoxy groups -OCH3 is 1. The number of hydrogen-bond donors (Lipinski definition) is 0. The van der Waals surface area contributed by atoms with Gasteiger partial charge in [0.25, 0.3) is 11.8 Å². The Balaban J connectivity index is 1.56. The lowest BCUT2D eigenvalue weighted by atomic mass is 9.96. The predicted molar refractivity (Wildman–Crippen MR) is 106 cm³/mol. The average Bonchev–Trinajstić information content (AvgIpc) is 3.00. The number of benzene rings is 2. The highest BCUT2D eigenvalue weighted by molar-refractivity contribution is 6.21. The minimum Gasteiger partial charge on any atom is -0.496 e. The van der Waals surface area contributed by atoms with Gasteiger partial charge in [0.05, 0.1) is 24.8 Å². The number of Topliss-reactive ketones (excluding diaryl/α,β-unsaturated/α-hetero) is 1. The van der Waals surface area contributed by atoms with Crippen LogP contribution in [0.4, 0.5) is 0 Å². The maximum Gasteiger partial charge on any atom is 0.342 e. The van der Waals surface area contributed by atoms with E-state index in [1.165, 1.54) is 13.2 Å². The molecule has 1 saturated carbocycles. The van der Waals surface area contributed by atoms with Crippen molar-refractivity contribution in [2.24, 2.45) is 0 Å². The molecule has 2 aliphatic rings. The molecule has 0 unspecified atom stereocenters. The van der Waals surface area contributed by atoms with E-state index in [1.54, 1.807) is 36.4 Å². The third-order valence-corrected chi connectivity index (χ3v) is 5.45. The molecule has 2 amide bonds. The lowest BCUT2D eigenvalue weighted by Gasteiger charge is -2.21. The number of carbonyl (C=O) groups excluding carboxylic acids is 4. The summed E-state index contributed by atoms with van der Waals surface area (Å²) in [4.78, 5) is 51.1. The van der Waals surface area contributed by atoms with E-state index in [4.69, 9.17) is 9.47 Å². The SMILES string of the molecule is COc1ccc(CN2C(=O)c3ccccc3C2=O)cc1C(=O)O[C@@H]1CCCCC1=O. The lowest BCUT2D eigenvalue weighted by Crippen LogP contribution is -2.30. The van der Waals surface area contributed by atoms with Crippen molar-refractivity contribution in [1.29, 1.82) is 0 Å². The zero-order valence-electron chi connectivity index (χ0n) is 16.6. The summed E-state index contributed by atoms with van der Waals surface area (Å²) >= 11 is 0. The third kappa shape index (κ3) is 3.58. The van der Waals surface area contributed by atoms with Gasteiger partial charge in [0.1, 0.15) is 11.3 Å². The Bertz CT molecular complexity index is 1010. The maximum absolute atomic E-state index is 12.7. The van der Waals surface area contributed by atoms with Crippen LogP contribution < -0.4 is 4.74 Å². The standard InChI is InChI=1S/C23H21NO6/c1-29-19-11-10-14(12-17(19)23(28)30-20-9-5-4-8-18(20)25)13-24-21(26)15-6-2-3-7-16(15)22(24)27/h2-3,6-7,10-12,20H,4-5,8-9,13H2,1H3/t20-/m1/s1. The number of rotatable bonds is 5. The minimum atomic E-state index is -0.740. The molecule has 7 heteroatoms. The van der Waals surface area contributed by atoms with Gasteiger partial charge in [-0.25, -0.2) is 4.79 Å². The van der Waals surface area contributed by atoms with E-state index in [0.717, 1.165) is 17.7 Å². The molecule has 154 valence electrons. The van der Waals surface area contributed by atoms with Crippen molar-refractivity contribution in [3.05, 3.63) is 64.7 Å². The second kappa shape index (κ2) is 8.10. The van der Waals surface area contributed by atoms with Crippen LogP contribution in [0.1, 0.15) is 62.3 Å². The summed E-state index contributed by atoms with van der Waals surface area (Å²) < 4.78 is 10.7. The van der Waals surface area contributed by atoms with Gasteiger partial charge in [0.15, 0.2) is 11.9 Å². The third-order valence-electron chi connectivity index (χ3n) is 5.45. The molecule has 0 saturated heterocycles. The van der Waals surface area contributed by atoms with Crippen molar-refractivity contribution in [3.8, 4) is 5.75 Å². The van der Waals surface area contributed by atoms with E-state index < -0.39 is 12.1 Å². The Morgan fingerprint density at radius 3 is 2.37 bits per heavy atom. The Morgan fingerprint density at radius 2 is 1.73 bits per heavy atom. The number of esters is 1. The van der Waals surface area contributed by atoms with Crippen LogP contribution >= 0.6 is 0 Å². The largest absolute Gasteiger partial charge is 0.496 e. The number of ether oxygens (including phenoxy) is 2. The summed E-state index contributed by atoms with van der Waals surface area (Å²) in [5.74, 6) is -1.17. The summed E-state index contributed by atoms with van der Waals surface area (Å²) in [6, 6.07) is 11.5. The number of carbonyl (C=O) groups is 4.